The minimum atomic E-state index is -1.44. The van der Waals surface area contributed by atoms with E-state index in [-0.39, 0.29) is 5.92 Å². The van der Waals surface area contributed by atoms with Crippen molar-refractivity contribution < 1.29 is 9.63 Å². The Hall–Kier alpha value is -0.970. The third-order valence-corrected chi connectivity index (χ3v) is 3.64. The topological polar surface area (TPSA) is 55.6 Å². The van der Waals surface area contributed by atoms with Crippen LogP contribution in [0.25, 0.3) is 0 Å². The fraction of sp³-hybridized carbons (Fsp3) is 0.417. The smallest absolute Gasteiger partial charge is 0.343 e. The standard InChI is InChI=1S/C12H14Cl2N2O2/c1-8-7-10(8)12(13,14)18-16(11(15)17)9-5-3-2-4-6-9/h2-6,8,10H,7H2,1H3,(H2,15,17). The molecule has 0 bridgehead atoms. The van der Waals surface area contributed by atoms with E-state index in [2.05, 4.69) is 0 Å². The number of hydrogen-bond donors (Lipinski definition) is 1. The van der Waals surface area contributed by atoms with Gasteiger partial charge >= 0.3 is 6.03 Å². The van der Waals surface area contributed by atoms with Gasteiger partial charge in [-0.1, -0.05) is 48.3 Å². The number of halogens is 2. The highest BCUT2D eigenvalue weighted by Crippen LogP contribution is 2.52. The lowest BCUT2D eigenvalue weighted by atomic mass is 10.3. The van der Waals surface area contributed by atoms with Crippen LogP contribution in [0.2, 0.25) is 0 Å². The predicted octanol–water partition coefficient (Wildman–Crippen LogP) is 3.29. The second kappa shape index (κ2) is 4.96. The summed E-state index contributed by atoms with van der Waals surface area (Å²) >= 11 is 12.2. The second-order valence-corrected chi connectivity index (χ2v) is 5.76. The molecule has 2 amide bonds. The zero-order valence-corrected chi connectivity index (χ0v) is 11.4. The average molecular weight is 289 g/mol. The van der Waals surface area contributed by atoms with Crippen LogP contribution in [-0.4, -0.2) is 10.6 Å². The van der Waals surface area contributed by atoms with Crippen LogP contribution in [0.4, 0.5) is 10.5 Å². The summed E-state index contributed by atoms with van der Waals surface area (Å²) in [5.74, 6) is 0.386. The van der Waals surface area contributed by atoms with Crippen LogP contribution in [-0.2, 0) is 4.84 Å². The van der Waals surface area contributed by atoms with Crippen LogP contribution in [0.3, 0.4) is 0 Å². The van der Waals surface area contributed by atoms with Gasteiger partial charge in [0.05, 0.1) is 5.69 Å². The average Bonchev–Trinajstić information content (AvgIpc) is 3.05. The van der Waals surface area contributed by atoms with Crippen LogP contribution in [0, 0.1) is 11.8 Å². The molecule has 0 heterocycles. The van der Waals surface area contributed by atoms with Gasteiger partial charge in [0.2, 0.25) is 4.52 Å². The number of nitrogens with zero attached hydrogens (tertiary/aromatic N) is 1. The van der Waals surface area contributed by atoms with Gasteiger partial charge in [0.1, 0.15) is 0 Å². The molecule has 0 aromatic heterocycles. The Balaban J connectivity index is 2.15. The van der Waals surface area contributed by atoms with Gasteiger partial charge < -0.3 is 5.73 Å². The van der Waals surface area contributed by atoms with E-state index in [9.17, 15) is 4.79 Å². The first kappa shape index (κ1) is 13.5. The molecule has 18 heavy (non-hydrogen) atoms. The number of carbonyl (C=O) groups excluding carboxylic acids is 1. The monoisotopic (exact) mass is 288 g/mol. The zero-order valence-electron chi connectivity index (χ0n) is 9.85. The molecular formula is C12H14Cl2N2O2. The molecule has 2 rings (SSSR count). The molecule has 2 N–H and O–H groups in total. The quantitative estimate of drug-likeness (QED) is 0.683. The Bertz CT molecular complexity index is 439. The van der Waals surface area contributed by atoms with E-state index in [0.717, 1.165) is 11.5 Å². The van der Waals surface area contributed by atoms with Crippen molar-refractivity contribution in [2.24, 2.45) is 17.6 Å². The zero-order chi connectivity index (χ0) is 13.3. The molecule has 1 aliphatic carbocycles. The minimum Gasteiger partial charge on any atom is -0.349 e. The van der Waals surface area contributed by atoms with Gasteiger partial charge in [-0.2, -0.15) is 5.06 Å². The van der Waals surface area contributed by atoms with Crippen LogP contribution < -0.4 is 10.8 Å². The minimum absolute atomic E-state index is 0.00592. The lowest BCUT2D eigenvalue weighted by molar-refractivity contribution is 0.0538. The molecule has 0 aliphatic heterocycles. The Morgan fingerprint density at radius 2 is 2.00 bits per heavy atom. The van der Waals surface area contributed by atoms with Crippen molar-refractivity contribution in [2.75, 3.05) is 5.06 Å². The van der Waals surface area contributed by atoms with Crippen molar-refractivity contribution in [1.82, 2.24) is 0 Å². The molecule has 2 unspecified atom stereocenters. The van der Waals surface area contributed by atoms with E-state index in [4.69, 9.17) is 33.8 Å². The van der Waals surface area contributed by atoms with Gasteiger partial charge in [-0.3, -0.25) is 0 Å². The summed E-state index contributed by atoms with van der Waals surface area (Å²) in [6.07, 6.45) is 0.869. The van der Waals surface area contributed by atoms with Crippen LogP contribution in [0.5, 0.6) is 0 Å². The number of carbonyl (C=O) groups is 1. The molecule has 98 valence electrons. The molecule has 6 heteroatoms. The number of primary amides is 1. The van der Waals surface area contributed by atoms with E-state index >= 15 is 0 Å². The number of hydrogen-bond acceptors (Lipinski definition) is 2. The molecule has 1 aromatic rings. The van der Waals surface area contributed by atoms with Gasteiger partial charge in [-0.15, -0.1) is 0 Å². The third-order valence-electron chi connectivity index (χ3n) is 2.95. The Morgan fingerprint density at radius 1 is 1.44 bits per heavy atom. The number of para-hydroxylation sites is 1. The number of rotatable bonds is 4. The largest absolute Gasteiger partial charge is 0.349 e. The summed E-state index contributed by atoms with van der Waals surface area (Å²) in [5, 5.41) is 0.922. The van der Waals surface area contributed by atoms with Gasteiger partial charge in [-0.05, 0) is 24.5 Å². The van der Waals surface area contributed by atoms with Crippen molar-refractivity contribution in [2.45, 2.75) is 17.9 Å². The van der Waals surface area contributed by atoms with Crippen molar-refractivity contribution in [3.05, 3.63) is 30.3 Å². The molecule has 1 fully saturated rings. The maximum absolute atomic E-state index is 11.4. The SMILES string of the molecule is CC1CC1C(Cl)(Cl)ON(C(N)=O)c1ccccc1. The van der Waals surface area contributed by atoms with Crippen molar-refractivity contribution >= 4 is 34.9 Å². The Kier molecular flexibility index (Phi) is 3.71. The Labute approximate surface area is 116 Å². The normalized spacial score (nSPS) is 22.6. The summed E-state index contributed by atoms with van der Waals surface area (Å²) < 4.78 is -1.44. The number of alkyl halides is 2. The van der Waals surface area contributed by atoms with Crippen molar-refractivity contribution in [1.29, 1.82) is 0 Å². The fourth-order valence-corrected chi connectivity index (χ4v) is 2.51. The molecule has 2 atom stereocenters. The number of anilines is 1. The molecular weight excluding hydrogens is 275 g/mol. The number of amides is 2. The highest BCUT2D eigenvalue weighted by molar-refractivity contribution is 6.47. The summed E-state index contributed by atoms with van der Waals surface area (Å²) in [5.41, 5.74) is 5.77. The van der Waals surface area contributed by atoms with Crippen molar-refractivity contribution in [3.63, 3.8) is 0 Å². The van der Waals surface area contributed by atoms with E-state index in [0.29, 0.717) is 11.6 Å². The maximum atomic E-state index is 11.4. The molecule has 1 aliphatic rings. The predicted molar refractivity (Wildman–Crippen MR) is 71.3 cm³/mol. The number of benzene rings is 1. The molecule has 0 saturated heterocycles. The summed E-state index contributed by atoms with van der Waals surface area (Å²) in [6, 6.07) is 7.95. The van der Waals surface area contributed by atoms with E-state index in [1.54, 1.807) is 24.3 Å². The van der Waals surface area contributed by atoms with Gasteiger partial charge in [-0.25, -0.2) is 9.63 Å². The molecule has 1 saturated carbocycles. The molecule has 0 spiro atoms. The van der Waals surface area contributed by atoms with Crippen LogP contribution in [0.1, 0.15) is 13.3 Å². The van der Waals surface area contributed by atoms with Gasteiger partial charge in [0, 0.05) is 5.92 Å². The summed E-state index contributed by atoms with van der Waals surface area (Å²) in [7, 11) is 0. The van der Waals surface area contributed by atoms with Crippen LogP contribution >= 0.6 is 23.2 Å². The summed E-state index contributed by atoms with van der Waals surface area (Å²) in [4.78, 5) is 16.8. The van der Waals surface area contributed by atoms with E-state index < -0.39 is 10.6 Å². The molecule has 4 nitrogen and oxygen atoms in total. The highest BCUT2D eigenvalue weighted by atomic mass is 35.5. The molecule has 1 aromatic carbocycles. The highest BCUT2D eigenvalue weighted by Gasteiger charge is 2.51. The Morgan fingerprint density at radius 3 is 2.44 bits per heavy atom. The third kappa shape index (κ3) is 2.88. The summed E-state index contributed by atoms with van der Waals surface area (Å²) in [6.45, 7) is 2.02. The number of hydroxylamine groups is 1. The van der Waals surface area contributed by atoms with Crippen molar-refractivity contribution in [3.8, 4) is 0 Å². The van der Waals surface area contributed by atoms with Gasteiger partial charge in [0.15, 0.2) is 0 Å². The van der Waals surface area contributed by atoms with E-state index in [1.807, 2.05) is 13.0 Å². The maximum Gasteiger partial charge on any atom is 0.343 e. The van der Waals surface area contributed by atoms with Crippen LogP contribution in [0.15, 0.2) is 30.3 Å². The number of urea groups is 1. The second-order valence-electron chi connectivity index (χ2n) is 4.44. The lowest BCUT2D eigenvalue weighted by Crippen LogP contribution is -2.42. The number of nitrogens with two attached hydrogens (primary N) is 1. The first-order chi connectivity index (χ1) is 8.42. The lowest BCUT2D eigenvalue weighted by Gasteiger charge is -2.27. The van der Waals surface area contributed by atoms with E-state index in [1.165, 1.54) is 0 Å². The van der Waals surface area contributed by atoms with Gasteiger partial charge in [0.25, 0.3) is 0 Å². The first-order valence-electron chi connectivity index (χ1n) is 5.63. The first-order valence-corrected chi connectivity index (χ1v) is 6.39. The molecule has 0 radical (unpaired) electrons. The fourth-order valence-electron chi connectivity index (χ4n) is 1.77.